The van der Waals surface area contributed by atoms with E-state index in [4.69, 9.17) is 5.11 Å². The van der Waals surface area contributed by atoms with Gasteiger partial charge >= 0.3 is 5.97 Å². The molecule has 0 spiro atoms. The normalized spacial score (nSPS) is 16.1. The van der Waals surface area contributed by atoms with Gasteiger partial charge in [-0.25, -0.2) is 17.6 Å². The summed E-state index contributed by atoms with van der Waals surface area (Å²) in [4.78, 5) is 10.4. The van der Waals surface area contributed by atoms with Gasteiger partial charge in [-0.05, 0) is 30.9 Å². The molecule has 0 amide bonds. The van der Waals surface area contributed by atoms with Crippen LogP contribution in [0.1, 0.15) is 29.6 Å². The number of rotatable bonds is 4. The highest BCUT2D eigenvalue weighted by Crippen LogP contribution is 2.32. The number of hydrogen-bond donors (Lipinski definition) is 1. The standard InChI is InChI=1S/C12H12BrFO4S/c13-8-4-9(12(15)16)11(14)10(5-8)19(17,18)6-7-2-1-3-7/h4-5,7H,1-3,6H2,(H,15,16). The monoisotopic (exact) mass is 350 g/mol. The van der Waals surface area contributed by atoms with Gasteiger partial charge in [0.05, 0.1) is 11.3 Å². The van der Waals surface area contributed by atoms with Gasteiger partial charge in [-0.1, -0.05) is 22.4 Å². The summed E-state index contributed by atoms with van der Waals surface area (Å²) < 4.78 is 38.5. The van der Waals surface area contributed by atoms with E-state index in [9.17, 15) is 17.6 Å². The lowest BCUT2D eigenvalue weighted by Gasteiger charge is -2.25. The second-order valence-electron chi connectivity index (χ2n) is 4.65. The van der Waals surface area contributed by atoms with E-state index >= 15 is 0 Å². The van der Waals surface area contributed by atoms with Crippen LogP contribution < -0.4 is 0 Å². The van der Waals surface area contributed by atoms with Crippen LogP contribution in [0.3, 0.4) is 0 Å². The van der Waals surface area contributed by atoms with Crippen LogP contribution in [0.5, 0.6) is 0 Å². The number of benzene rings is 1. The molecule has 2 rings (SSSR count). The number of carboxylic acids is 1. The maximum atomic E-state index is 14.0. The maximum Gasteiger partial charge on any atom is 0.338 e. The van der Waals surface area contributed by atoms with Gasteiger partial charge in [-0.2, -0.15) is 0 Å². The fourth-order valence-electron chi connectivity index (χ4n) is 2.01. The lowest BCUT2D eigenvalue weighted by atomic mass is 9.87. The van der Waals surface area contributed by atoms with E-state index in [-0.39, 0.29) is 16.1 Å². The fraction of sp³-hybridized carbons (Fsp3) is 0.417. The van der Waals surface area contributed by atoms with E-state index in [1.807, 2.05) is 0 Å². The Morgan fingerprint density at radius 2 is 2.05 bits per heavy atom. The topological polar surface area (TPSA) is 71.4 Å². The average molecular weight is 351 g/mol. The molecule has 0 saturated heterocycles. The van der Waals surface area contributed by atoms with Crippen molar-refractivity contribution >= 4 is 31.7 Å². The maximum absolute atomic E-state index is 14.0. The Kier molecular flexibility index (Phi) is 3.96. The van der Waals surface area contributed by atoms with E-state index in [1.54, 1.807) is 0 Å². The van der Waals surface area contributed by atoms with Crippen molar-refractivity contribution in [3.8, 4) is 0 Å². The molecule has 1 aromatic rings. The number of aromatic carboxylic acids is 1. The predicted molar refractivity (Wildman–Crippen MR) is 70.5 cm³/mol. The Morgan fingerprint density at radius 3 is 2.53 bits per heavy atom. The summed E-state index contributed by atoms with van der Waals surface area (Å²) in [6, 6.07) is 2.18. The van der Waals surface area contributed by atoms with Gasteiger partial charge in [0, 0.05) is 4.47 Å². The zero-order valence-corrected chi connectivity index (χ0v) is 12.3. The first kappa shape index (κ1) is 14.5. The van der Waals surface area contributed by atoms with Crippen LogP contribution in [0, 0.1) is 11.7 Å². The number of carboxylic acid groups (broad SMARTS) is 1. The molecule has 1 fully saturated rings. The number of hydrogen-bond acceptors (Lipinski definition) is 3. The van der Waals surface area contributed by atoms with Crippen molar-refractivity contribution in [1.29, 1.82) is 0 Å². The van der Waals surface area contributed by atoms with Gasteiger partial charge in [-0.3, -0.25) is 0 Å². The Hall–Kier alpha value is -0.950. The van der Waals surface area contributed by atoms with Crippen LogP contribution in [0.4, 0.5) is 4.39 Å². The molecule has 19 heavy (non-hydrogen) atoms. The van der Waals surface area contributed by atoms with E-state index in [1.165, 1.54) is 0 Å². The molecule has 0 heterocycles. The third-order valence-electron chi connectivity index (χ3n) is 3.25. The molecule has 0 unspecified atom stereocenters. The Morgan fingerprint density at radius 1 is 1.42 bits per heavy atom. The molecule has 1 aromatic carbocycles. The summed E-state index contributed by atoms with van der Waals surface area (Å²) in [5, 5.41) is 8.86. The SMILES string of the molecule is O=C(O)c1cc(Br)cc(S(=O)(=O)CC2CCC2)c1F. The first-order valence-corrected chi connectivity index (χ1v) is 8.21. The molecule has 1 saturated carbocycles. The Balaban J connectivity index is 2.46. The molecule has 0 bridgehead atoms. The zero-order chi connectivity index (χ0) is 14.2. The van der Waals surface area contributed by atoms with Gasteiger partial charge in [-0.15, -0.1) is 0 Å². The second kappa shape index (κ2) is 5.20. The van der Waals surface area contributed by atoms with Crippen LogP contribution >= 0.6 is 15.9 Å². The number of carbonyl (C=O) groups is 1. The van der Waals surface area contributed by atoms with Crippen molar-refractivity contribution in [1.82, 2.24) is 0 Å². The minimum atomic E-state index is -3.80. The van der Waals surface area contributed by atoms with Crippen molar-refractivity contribution in [3.63, 3.8) is 0 Å². The van der Waals surface area contributed by atoms with E-state index < -0.39 is 32.1 Å². The molecule has 0 aliphatic heterocycles. The molecule has 0 radical (unpaired) electrons. The van der Waals surface area contributed by atoms with Gasteiger partial charge in [0.25, 0.3) is 0 Å². The molecule has 1 aliphatic rings. The molecule has 4 nitrogen and oxygen atoms in total. The van der Waals surface area contributed by atoms with Crippen molar-refractivity contribution in [2.24, 2.45) is 5.92 Å². The summed E-state index contributed by atoms with van der Waals surface area (Å²) in [6.07, 6.45) is 2.63. The molecular weight excluding hydrogens is 339 g/mol. The van der Waals surface area contributed by atoms with Crippen LogP contribution in [-0.2, 0) is 9.84 Å². The van der Waals surface area contributed by atoms with Gasteiger partial charge in [0.15, 0.2) is 15.7 Å². The lowest BCUT2D eigenvalue weighted by molar-refractivity contribution is 0.0691. The average Bonchev–Trinajstić information content (AvgIpc) is 2.26. The first-order valence-electron chi connectivity index (χ1n) is 5.76. The van der Waals surface area contributed by atoms with Crippen LogP contribution in [-0.4, -0.2) is 25.2 Å². The molecule has 0 atom stereocenters. The smallest absolute Gasteiger partial charge is 0.338 e. The predicted octanol–water partition coefficient (Wildman–Crippen LogP) is 2.86. The van der Waals surface area contributed by atoms with Crippen LogP contribution in [0.15, 0.2) is 21.5 Å². The van der Waals surface area contributed by atoms with Crippen molar-refractivity contribution in [3.05, 3.63) is 28.0 Å². The lowest BCUT2D eigenvalue weighted by Crippen LogP contribution is -2.23. The van der Waals surface area contributed by atoms with E-state index in [0.717, 1.165) is 31.4 Å². The van der Waals surface area contributed by atoms with E-state index in [0.29, 0.717) is 0 Å². The van der Waals surface area contributed by atoms with Crippen molar-refractivity contribution in [2.75, 3.05) is 5.75 Å². The highest BCUT2D eigenvalue weighted by atomic mass is 79.9. The Labute approximate surface area is 118 Å². The second-order valence-corrected chi connectivity index (χ2v) is 7.57. The van der Waals surface area contributed by atoms with Gasteiger partial charge in [0.2, 0.25) is 0 Å². The molecule has 7 heteroatoms. The Bertz CT molecular complexity index is 623. The van der Waals surface area contributed by atoms with Gasteiger partial charge in [0.1, 0.15) is 4.90 Å². The summed E-state index contributed by atoms with van der Waals surface area (Å²) in [7, 11) is -3.80. The summed E-state index contributed by atoms with van der Waals surface area (Å²) in [5.41, 5.74) is -0.637. The highest BCUT2D eigenvalue weighted by Gasteiger charge is 2.30. The summed E-state index contributed by atoms with van der Waals surface area (Å²) >= 11 is 3.01. The molecule has 104 valence electrons. The zero-order valence-electron chi connectivity index (χ0n) is 9.90. The minimum Gasteiger partial charge on any atom is -0.478 e. The summed E-state index contributed by atoms with van der Waals surface area (Å²) in [6.45, 7) is 0. The fourth-order valence-corrected chi connectivity index (χ4v) is 4.44. The first-order chi connectivity index (χ1) is 8.81. The molecular formula is C12H12BrFO4S. The molecule has 1 N–H and O–H groups in total. The third kappa shape index (κ3) is 2.97. The van der Waals surface area contributed by atoms with Gasteiger partial charge < -0.3 is 5.11 Å². The van der Waals surface area contributed by atoms with Crippen molar-refractivity contribution in [2.45, 2.75) is 24.2 Å². The number of sulfone groups is 1. The number of halogens is 2. The quantitative estimate of drug-likeness (QED) is 0.906. The molecule has 1 aliphatic carbocycles. The van der Waals surface area contributed by atoms with Crippen molar-refractivity contribution < 1.29 is 22.7 Å². The molecule has 0 aromatic heterocycles. The summed E-state index contributed by atoms with van der Waals surface area (Å²) in [5.74, 6) is -2.75. The van der Waals surface area contributed by atoms with Crippen LogP contribution in [0.2, 0.25) is 0 Å². The largest absolute Gasteiger partial charge is 0.478 e. The van der Waals surface area contributed by atoms with E-state index in [2.05, 4.69) is 15.9 Å². The van der Waals surface area contributed by atoms with Crippen LogP contribution in [0.25, 0.3) is 0 Å². The minimum absolute atomic E-state index is 0.0525. The third-order valence-corrected chi connectivity index (χ3v) is 5.58. The highest BCUT2D eigenvalue weighted by molar-refractivity contribution is 9.10.